The van der Waals surface area contributed by atoms with E-state index < -0.39 is 11.1 Å². The number of carbonyl (C=O) groups excluding carboxylic acids is 1. The molecule has 0 unspecified atom stereocenters. The molecule has 1 aromatic carbocycles. The summed E-state index contributed by atoms with van der Waals surface area (Å²) >= 11 is 5.80. The van der Waals surface area contributed by atoms with Gasteiger partial charge < -0.3 is 15.2 Å². The van der Waals surface area contributed by atoms with Gasteiger partial charge in [0, 0.05) is 5.02 Å². The molecular weight excluding hydrogens is 266 g/mol. The summed E-state index contributed by atoms with van der Waals surface area (Å²) in [5.74, 6) is 0.354. The molecule has 1 amide bonds. The maximum atomic E-state index is 12.2. The summed E-state index contributed by atoms with van der Waals surface area (Å²) in [4.78, 5) is 12.2. The highest BCUT2D eigenvalue weighted by atomic mass is 35.5. The van der Waals surface area contributed by atoms with Gasteiger partial charge in [-0.25, -0.2) is 0 Å². The lowest BCUT2D eigenvalue weighted by molar-refractivity contribution is -0.135. The summed E-state index contributed by atoms with van der Waals surface area (Å²) in [7, 11) is 0. The predicted octanol–water partition coefficient (Wildman–Crippen LogP) is 2.14. The minimum absolute atomic E-state index is 0.0320. The number of aliphatic hydroxyl groups excluding tert-OH is 1. The van der Waals surface area contributed by atoms with Crippen LogP contribution in [-0.4, -0.2) is 28.8 Å². The van der Waals surface area contributed by atoms with Gasteiger partial charge in [0.05, 0.1) is 12.1 Å². The van der Waals surface area contributed by atoms with Crippen molar-refractivity contribution in [2.75, 3.05) is 6.61 Å². The molecule has 1 fully saturated rings. The molecule has 0 saturated heterocycles. The zero-order valence-corrected chi connectivity index (χ0v) is 11.8. The number of ether oxygens (including phenoxy) is 1. The van der Waals surface area contributed by atoms with Crippen LogP contribution >= 0.6 is 11.6 Å². The first-order valence-corrected chi connectivity index (χ1v) is 6.63. The van der Waals surface area contributed by atoms with Crippen molar-refractivity contribution in [2.24, 2.45) is 0 Å². The van der Waals surface area contributed by atoms with Crippen molar-refractivity contribution < 1.29 is 14.6 Å². The highest BCUT2D eigenvalue weighted by molar-refractivity contribution is 6.30. The van der Waals surface area contributed by atoms with E-state index in [1.54, 1.807) is 38.1 Å². The van der Waals surface area contributed by atoms with Crippen LogP contribution in [0.15, 0.2) is 24.3 Å². The summed E-state index contributed by atoms with van der Waals surface area (Å²) < 4.78 is 5.68. The normalized spacial score (nSPS) is 16.8. The molecule has 1 saturated carbocycles. The largest absolute Gasteiger partial charge is 0.478 e. The van der Waals surface area contributed by atoms with E-state index in [0.717, 1.165) is 12.8 Å². The van der Waals surface area contributed by atoms with E-state index in [9.17, 15) is 9.90 Å². The van der Waals surface area contributed by atoms with E-state index in [0.29, 0.717) is 10.8 Å². The molecule has 0 radical (unpaired) electrons. The average Bonchev–Trinajstić information content (AvgIpc) is 3.12. The van der Waals surface area contributed by atoms with Crippen LogP contribution in [0.25, 0.3) is 0 Å². The van der Waals surface area contributed by atoms with Crippen LogP contribution in [0.5, 0.6) is 5.75 Å². The van der Waals surface area contributed by atoms with Crippen molar-refractivity contribution in [2.45, 2.75) is 37.8 Å². The van der Waals surface area contributed by atoms with Crippen LogP contribution in [0, 0.1) is 0 Å². The van der Waals surface area contributed by atoms with E-state index >= 15 is 0 Å². The summed E-state index contributed by atoms with van der Waals surface area (Å²) in [5, 5.41) is 12.7. The Morgan fingerprint density at radius 1 is 1.42 bits per heavy atom. The standard InChI is InChI=1S/C14H18ClNO3/c1-13(2,12(18)16-14(9-17)7-8-14)19-11-5-3-10(15)4-6-11/h3-6,17H,7-9H2,1-2H3,(H,16,18). The van der Waals surface area contributed by atoms with Crippen molar-refractivity contribution in [3.05, 3.63) is 29.3 Å². The van der Waals surface area contributed by atoms with Gasteiger partial charge in [-0.1, -0.05) is 11.6 Å². The van der Waals surface area contributed by atoms with Gasteiger partial charge >= 0.3 is 0 Å². The second kappa shape index (κ2) is 5.02. The van der Waals surface area contributed by atoms with E-state index in [1.165, 1.54) is 0 Å². The summed E-state index contributed by atoms with van der Waals surface area (Å²) in [5.41, 5.74) is -1.43. The molecule has 1 aliphatic rings. The molecule has 4 nitrogen and oxygen atoms in total. The Labute approximate surface area is 117 Å². The quantitative estimate of drug-likeness (QED) is 0.870. The van der Waals surface area contributed by atoms with Crippen LogP contribution in [0.3, 0.4) is 0 Å². The first-order valence-electron chi connectivity index (χ1n) is 6.25. The molecule has 2 N–H and O–H groups in total. The van der Waals surface area contributed by atoms with Gasteiger partial charge in [-0.05, 0) is 51.0 Å². The second-order valence-electron chi connectivity index (χ2n) is 5.46. The number of nitrogens with one attached hydrogen (secondary N) is 1. The Bertz CT molecular complexity index is 466. The van der Waals surface area contributed by atoms with Crippen LogP contribution in [0.4, 0.5) is 0 Å². The van der Waals surface area contributed by atoms with Gasteiger partial charge in [0.25, 0.3) is 5.91 Å². The van der Waals surface area contributed by atoms with Crippen molar-refractivity contribution in [3.8, 4) is 5.75 Å². The second-order valence-corrected chi connectivity index (χ2v) is 5.90. The molecule has 0 aliphatic heterocycles. The third kappa shape index (κ3) is 3.39. The fourth-order valence-electron chi connectivity index (χ4n) is 1.71. The summed E-state index contributed by atoms with van der Waals surface area (Å²) in [6, 6.07) is 6.86. The molecule has 0 atom stereocenters. The zero-order chi connectivity index (χ0) is 14.1. The Morgan fingerprint density at radius 3 is 2.47 bits per heavy atom. The number of hydrogen-bond acceptors (Lipinski definition) is 3. The molecule has 0 heterocycles. The van der Waals surface area contributed by atoms with Gasteiger partial charge in [-0.15, -0.1) is 0 Å². The number of aliphatic hydroxyl groups is 1. The van der Waals surface area contributed by atoms with E-state index in [1.807, 2.05) is 0 Å². The maximum Gasteiger partial charge on any atom is 0.264 e. The predicted molar refractivity (Wildman–Crippen MR) is 73.4 cm³/mol. The molecular formula is C14H18ClNO3. The van der Waals surface area contributed by atoms with Crippen molar-refractivity contribution in [3.63, 3.8) is 0 Å². The van der Waals surface area contributed by atoms with Gasteiger partial charge in [0.15, 0.2) is 5.60 Å². The molecule has 104 valence electrons. The molecule has 5 heteroatoms. The Morgan fingerprint density at radius 2 is 2.00 bits per heavy atom. The summed E-state index contributed by atoms with van der Waals surface area (Å²) in [6.45, 7) is 3.37. The molecule has 0 aromatic heterocycles. The van der Waals surface area contributed by atoms with Gasteiger partial charge in [0.1, 0.15) is 5.75 Å². The number of carbonyl (C=O) groups is 1. The SMILES string of the molecule is CC(C)(Oc1ccc(Cl)cc1)C(=O)NC1(CO)CC1. The maximum absolute atomic E-state index is 12.2. The number of amides is 1. The number of rotatable bonds is 5. The van der Waals surface area contributed by atoms with Crippen molar-refractivity contribution in [1.82, 2.24) is 5.32 Å². The monoisotopic (exact) mass is 283 g/mol. The Balaban J connectivity index is 2.01. The fourth-order valence-corrected chi connectivity index (χ4v) is 1.83. The minimum atomic E-state index is -1.00. The molecule has 2 rings (SSSR count). The summed E-state index contributed by atoms with van der Waals surface area (Å²) in [6.07, 6.45) is 1.62. The van der Waals surface area contributed by atoms with Gasteiger partial charge in [-0.3, -0.25) is 4.79 Å². The number of benzene rings is 1. The molecule has 1 aliphatic carbocycles. The minimum Gasteiger partial charge on any atom is -0.478 e. The molecule has 1 aromatic rings. The average molecular weight is 284 g/mol. The van der Waals surface area contributed by atoms with E-state index in [2.05, 4.69) is 5.32 Å². The lowest BCUT2D eigenvalue weighted by Crippen LogP contribution is -2.52. The van der Waals surface area contributed by atoms with Gasteiger partial charge in [0.2, 0.25) is 0 Å². The fraction of sp³-hybridized carbons (Fsp3) is 0.500. The lowest BCUT2D eigenvalue weighted by atomic mass is 10.1. The van der Waals surface area contributed by atoms with Crippen LogP contribution in [-0.2, 0) is 4.79 Å². The molecule has 0 spiro atoms. The van der Waals surface area contributed by atoms with Gasteiger partial charge in [-0.2, -0.15) is 0 Å². The van der Waals surface area contributed by atoms with Crippen LogP contribution in [0.2, 0.25) is 5.02 Å². The zero-order valence-electron chi connectivity index (χ0n) is 11.1. The van der Waals surface area contributed by atoms with Crippen molar-refractivity contribution >= 4 is 17.5 Å². The molecule has 0 bridgehead atoms. The first kappa shape index (κ1) is 14.2. The highest BCUT2D eigenvalue weighted by Gasteiger charge is 2.46. The Hall–Kier alpha value is -1.26. The highest BCUT2D eigenvalue weighted by Crippen LogP contribution is 2.35. The number of hydrogen-bond donors (Lipinski definition) is 2. The van der Waals surface area contributed by atoms with Crippen LogP contribution in [0.1, 0.15) is 26.7 Å². The lowest BCUT2D eigenvalue weighted by Gasteiger charge is -2.27. The first-order chi connectivity index (χ1) is 8.87. The third-order valence-electron chi connectivity index (χ3n) is 3.27. The number of halogens is 1. The Kier molecular flexibility index (Phi) is 3.74. The van der Waals surface area contributed by atoms with Crippen molar-refractivity contribution in [1.29, 1.82) is 0 Å². The molecule has 19 heavy (non-hydrogen) atoms. The smallest absolute Gasteiger partial charge is 0.264 e. The van der Waals surface area contributed by atoms with Crippen LogP contribution < -0.4 is 10.1 Å². The van der Waals surface area contributed by atoms with E-state index in [4.69, 9.17) is 16.3 Å². The topological polar surface area (TPSA) is 58.6 Å². The third-order valence-corrected chi connectivity index (χ3v) is 3.52. The van der Waals surface area contributed by atoms with E-state index in [-0.39, 0.29) is 12.5 Å².